The van der Waals surface area contributed by atoms with Crippen LogP contribution in [0.1, 0.15) is 18.5 Å². The van der Waals surface area contributed by atoms with Gasteiger partial charge in [-0.25, -0.2) is 4.39 Å². The number of nitrogens with one attached hydrogen (secondary N) is 3. The fourth-order valence-electron chi connectivity index (χ4n) is 3.10. The summed E-state index contributed by atoms with van der Waals surface area (Å²) in [5, 5.41) is 9.09. The van der Waals surface area contributed by atoms with Gasteiger partial charge in [0.25, 0.3) is 5.91 Å². The Morgan fingerprint density at radius 3 is 2.66 bits per heavy atom. The summed E-state index contributed by atoms with van der Waals surface area (Å²) >= 11 is 11.4. The lowest BCUT2D eigenvalue weighted by molar-refractivity contribution is -0.113. The Kier molecular flexibility index (Phi) is 6.24. The average Bonchev–Trinajstić information content (AvgIpc) is 2.67. The van der Waals surface area contributed by atoms with Crippen LogP contribution in [0.5, 0.6) is 11.5 Å². The van der Waals surface area contributed by atoms with Gasteiger partial charge in [0.15, 0.2) is 5.11 Å². The van der Waals surface area contributed by atoms with Crippen molar-refractivity contribution in [3.05, 3.63) is 64.1 Å². The van der Waals surface area contributed by atoms with E-state index in [4.69, 9.17) is 33.3 Å². The van der Waals surface area contributed by atoms with E-state index in [0.717, 1.165) is 0 Å². The summed E-state index contributed by atoms with van der Waals surface area (Å²) in [4.78, 5) is 13.2. The molecule has 0 fully saturated rings. The number of methoxy groups -OCH3 is 2. The van der Waals surface area contributed by atoms with Gasteiger partial charge in [-0.05, 0) is 43.4 Å². The number of carbonyl (C=O) groups is 1. The molecule has 0 saturated carbocycles. The molecule has 152 valence electrons. The van der Waals surface area contributed by atoms with Gasteiger partial charge in [-0.1, -0.05) is 17.7 Å². The van der Waals surface area contributed by atoms with E-state index in [-0.39, 0.29) is 21.3 Å². The first-order chi connectivity index (χ1) is 13.8. The highest BCUT2D eigenvalue weighted by Gasteiger charge is 2.33. The molecule has 0 aromatic heterocycles. The second kappa shape index (κ2) is 8.67. The van der Waals surface area contributed by atoms with Crippen LogP contribution in [-0.4, -0.2) is 25.2 Å². The number of hydrogen-bond acceptors (Lipinski definition) is 4. The lowest BCUT2D eigenvalue weighted by Crippen LogP contribution is -2.46. The average molecular weight is 436 g/mol. The number of amides is 1. The molecule has 1 amide bonds. The number of hydrogen-bond donors (Lipinski definition) is 3. The molecule has 0 bridgehead atoms. The number of ether oxygens (including phenoxy) is 2. The van der Waals surface area contributed by atoms with Crippen molar-refractivity contribution in [2.75, 3.05) is 19.5 Å². The van der Waals surface area contributed by atoms with Crippen LogP contribution in [0, 0.1) is 5.82 Å². The van der Waals surface area contributed by atoms with Crippen LogP contribution in [0.3, 0.4) is 0 Å². The maximum absolute atomic E-state index is 14.6. The third-order valence-corrected chi connectivity index (χ3v) is 5.01. The number of anilines is 1. The Hall–Kier alpha value is -2.84. The van der Waals surface area contributed by atoms with E-state index in [1.165, 1.54) is 26.4 Å². The van der Waals surface area contributed by atoms with Crippen LogP contribution in [0.25, 0.3) is 0 Å². The molecular formula is C20H19ClFN3O3S. The fourth-order valence-corrected chi connectivity index (χ4v) is 3.64. The normalized spacial score (nSPS) is 16.0. The van der Waals surface area contributed by atoms with Crippen molar-refractivity contribution in [2.24, 2.45) is 0 Å². The zero-order chi connectivity index (χ0) is 21.1. The quantitative estimate of drug-likeness (QED) is 0.618. The van der Waals surface area contributed by atoms with Crippen molar-refractivity contribution in [3.8, 4) is 11.5 Å². The summed E-state index contributed by atoms with van der Waals surface area (Å²) in [5.41, 5.74) is 1.27. The maximum Gasteiger partial charge on any atom is 0.255 e. The predicted molar refractivity (Wildman–Crippen MR) is 114 cm³/mol. The molecule has 1 unspecified atom stereocenters. The maximum atomic E-state index is 14.6. The highest BCUT2D eigenvalue weighted by atomic mass is 35.5. The monoisotopic (exact) mass is 435 g/mol. The third kappa shape index (κ3) is 4.28. The zero-order valence-corrected chi connectivity index (χ0v) is 17.5. The Bertz CT molecular complexity index is 992. The Labute approximate surface area is 178 Å². The van der Waals surface area contributed by atoms with Crippen molar-refractivity contribution in [2.45, 2.75) is 13.0 Å². The number of halogens is 2. The van der Waals surface area contributed by atoms with Gasteiger partial charge in [0.2, 0.25) is 0 Å². The molecule has 1 aliphatic heterocycles. The summed E-state index contributed by atoms with van der Waals surface area (Å²) in [5.74, 6) is -0.0238. The van der Waals surface area contributed by atoms with E-state index < -0.39 is 17.8 Å². The van der Waals surface area contributed by atoms with Crippen LogP contribution in [-0.2, 0) is 4.79 Å². The Morgan fingerprint density at radius 2 is 2.00 bits per heavy atom. The van der Waals surface area contributed by atoms with Crippen molar-refractivity contribution in [1.82, 2.24) is 10.6 Å². The van der Waals surface area contributed by atoms with Crippen molar-refractivity contribution < 1.29 is 18.7 Å². The predicted octanol–water partition coefficient (Wildman–Crippen LogP) is 3.93. The smallest absolute Gasteiger partial charge is 0.255 e. The van der Waals surface area contributed by atoms with Crippen LogP contribution < -0.4 is 25.4 Å². The Balaban J connectivity index is 2.03. The number of thiocarbonyl (C=S) groups is 1. The van der Waals surface area contributed by atoms with Gasteiger partial charge in [-0.3, -0.25) is 4.79 Å². The van der Waals surface area contributed by atoms with Gasteiger partial charge in [0.05, 0.1) is 31.5 Å². The molecule has 3 rings (SSSR count). The van der Waals surface area contributed by atoms with Crippen LogP contribution in [0.15, 0.2) is 47.7 Å². The van der Waals surface area contributed by atoms with E-state index in [1.807, 2.05) is 0 Å². The lowest BCUT2D eigenvalue weighted by atomic mass is 9.94. The van der Waals surface area contributed by atoms with Crippen molar-refractivity contribution in [3.63, 3.8) is 0 Å². The number of rotatable bonds is 5. The zero-order valence-electron chi connectivity index (χ0n) is 15.9. The molecule has 0 saturated heterocycles. The van der Waals surface area contributed by atoms with Gasteiger partial charge in [-0.15, -0.1) is 0 Å². The Morgan fingerprint density at radius 1 is 1.24 bits per heavy atom. The highest BCUT2D eigenvalue weighted by Crippen LogP contribution is 2.35. The minimum absolute atomic E-state index is 0.139. The lowest BCUT2D eigenvalue weighted by Gasteiger charge is -2.31. The first-order valence-corrected chi connectivity index (χ1v) is 9.40. The molecule has 1 heterocycles. The van der Waals surface area contributed by atoms with E-state index in [0.29, 0.717) is 22.9 Å². The molecule has 1 aliphatic rings. The molecule has 0 radical (unpaired) electrons. The molecule has 2 aromatic carbocycles. The molecule has 1 atom stereocenters. The summed E-state index contributed by atoms with van der Waals surface area (Å²) in [6.07, 6.45) is 0. The molecular weight excluding hydrogens is 417 g/mol. The van der Waals surface area contributed by atoms with E-state index in [2.05, 4.69) is 16.0 Å². The molecule has 6 nitrogen and oxygen atoms in total. The number of benzene rings is 2. The minimum Gasteiger partial charge on any atom is -0.497 e. The molecule has 9 heteroatoms. The molecule has 2 aromatic rings. The second-order valence-corrected chi connectivity index (χ2v) is 7.04. The van der Waals surface area contributed by atoms with E-state index in [1.54, 1.807) is 31.2 Å². The van der Waals surface area contributed by atoms with Gasteiger partial charge in [-0.2, -0.15) is 0 Å². The third-order valence-electron chi connectivity index (χ3n) is 4.46. The molecule has 0 aliphatic carbocycles. The summed E-state index contributed by atoms with van der Waals surface area (Å²) in [7, 11) is 3.01. The van der Waals surface area contributed by atoms with Gasteiger partial charge >= 0.3 is 0 Å². The van der Waals surface area contributed by atoms with E-state index >= 15 is 0 Å². The fraction of sp³-hybridized carbons (Fsp3) is 0.200. The standard InChI is InChI=1S/C20H19ClFN3O3S/c1-10-16(19(26)24-14-9-11(27-2)7-8-15(14)28-3)18(25-20(29)23-10)17-12(21)5-4-6-13(17)22/h4-9,18H,1-3H3,(H,24,26)(H2,23,25,29). The highest BCUT2D eigenvalue weighted by molar-refractivity contribution is 7.80. The molecule has 29 heavy (non-hydrogen) atoms. The number of allylic oxidation sites excluding steroid dienone is 1. The van der Waals surface area contributed by atoms with Gasteiger partial charge in [0.1, 0.15) is 17.3 Å². The van der Waals surface area contributed by atoms with Crippen molar-refractivity contribution >= 4 is 40.5 Å². The van der Waals surface area contributed by atoms with E-state index in [9.17, 15) is 9.18 Å². The summed E-state index contributed by atoms with van der Waals surface area (Å²) in [6, 6.07) is 8.49. The SMILES string of the molecule is COc1ccc(OC)c(NC(=O)C2=C(C)NC(=S)NC2c2c(F)cccc2Cl)c1. The summed E-state index contributed by atoms with van der Waals surface area (Å²) in [6.45, 7) is 1.69. The minimum atomic E-state index is -0.867. The van der Waals surface area contributed by atoms with Crippen LogP contribution in [0.4, 0.5) is 10.1 Å². The summed E-state index contributed by atoms with van der Waals surface area (Å²) < 4.78 is 25.1. The first-order valence-electron chi connectivity index (χ1n) is 8.61. The second-order valence-electron chi connectivity index (χ2n) is 6.23. The van der Waals surface area contributed by atoms with Crippen molar-refractivity contribution in [1.29, 1.82) is 0 Å². The largest absolute Gasteiger partial charge is 0.497 e. The van der Waals surface area contributed by atoms with Crippen LogP contribution in [0.2, 0.25) is 5.02 Å². The van der Waals surface area contributed by atoms with Gasteiger partial charge < -0.3 is 25.4 Å². The number of carbonyl (C=O) groups excluding carboxylic acids is 1. The van der Waals surface area contributed by atoms with Crippen LogP contribution >= 0.6 is 23.8 Å². The first kappa shape index (κ1) is 20.9. The molecule has 0 spiro atoms. The van der Waals surface area contributed by atoms with Gasteiger partial charge in [0, 0.05) is 22.3 Å². The molecule has 3 N–H and O–H groups in total. The topological polar surface area (TPSA) is 71.6 Å².